The lowest BCUT2D eigenvalue weighted by atomic mass is 10.3. The minimum Gasteiger partial charge on any atom is -0.344 e. The number of amides is 1. The van der Waals surface area contributed by atoms with Crippen LogP contribution in [0.5, 0.6) is 0 Å². The second-order valence-corrected chi connectivity index (χ2v) is 5.10. The predicted octanol–water partition coefficient (Wildman–Crippen LogP) is 0.592. The van der Waals surface area contributed by atoms with E-state index in [2.05, 4.69) is 30.9 Å². The Hall–Kier alpha value is -2.55. The summed E-state index contributed by atoms with van der Waals surface area (Å²) in [5.74, 6) is 0.319. The molecule has 0 aliphatic carbocycles. The molecule has 0 fully saturated rings. The molecule has 0 aliphatic rings. The summed E-state index contributed by atoms with van der Waals surface area (Å²) in [7, 11) is 1.67. The van der Waals surface area contributed by atoms with E-state index in [9.17, 15) is 4.79 Å². The highest BCUT2D eigenvalue weighted by atomic mass is 32.1. The van der Waals surface area contributed by atoms with E-state index >= 15 is 0 Å². The lowest BCUT2D eigenvalue weighted by Gasteiger charge is -1.98. The van der Waals surface area contributed by atoms with Gasteiger partial charge < -0.3 is 5.32 Å². The number of hydrogen-bond donors (Lipinski definition) is 2. The van der Waals surface area contributed by atoms with Gasteiger partial charge >= 0.3 is 0 Å². The Morgan fingerprint density at radius 1 is 1.45 bits per heavy atom. The Morgan fingerprint density at radius 2 is 2.35 bits per heavy atom. The average molecular weight is 289 g/mol. The summed E-state index contributed by atoms with van der Waals surface area (Å²) in [5, 5.41) is 21.0. The zero-order valence-corrected chi connectivity index (χ0v) is 11.4. The zero-order chi connectivity index (χ0) is 13.9. The summed E-state index contributed by atoms with van der Waals surface area (Å²) in [6.45, 7) is 0.254. The number of H-pyrrole nitrogens is 1. The second-order valence-electron chi connectivity index (χ2n) is 4.01. The highest BCUT2D eigenvalue weighted by Gasteiger charge is 2.11. The molecule has 3 aromatic rings. The lowest BCUT2D eigenvalue weighted by molar-refractivity contribution is 0.0954. The van der Waals surface area contributed by atoms with Gasteiger partial charge in [0.05, 0.1) is 29.0 Å². The Morgan fingerprint density at radius 3 is 3.05 bits per heavy atom. The van der Waals surface area contributed by atoms with Crippen molar-refractivity contribution in [3.05, 3.63) is 35.1 Å². The Balaban J connectivity index is 1.65. The summed E-state index contributed by atoms with van der Waals surface area (Å²) in [5.41, 5.74) is 0.893. The van der Waals surface area contributed by atoms with Crippen LogP contribution in [0.4, 0.5) is 0 Å². The summed E-state index contributed by atoms with van der Waals surface area (Å²) in [6, 6.07) is 5.52. The summed E-state index contributed by atoms with van der Waals surface area (Å²) >= 11 is 1.39. The van der Waals surface area contributed by atoms with Crippen molar-refractivity contribution in [2.75, 3.05) is 0 Å². The third kappa shape index (κ3) is 2.57. The van der Waals surface area contributed by atoms with E-state index in [0.29, 0.717) is 10.7 Å². The molecule has 0 bridgehead atoms. The minimum atomic E-state index is -0.159. The molecule has 3 heterocycles. The van der Waals surface area contributed by atoms with Gasteiger partial charge in [-0.25, -0.2) is 0 Å². The van der Waals surface area contributed by atoms with Gasteiger partial charge in [-0.2, -0.15) is 9.90 Å². The Kier molecular flexibility index (Phi) is 3.25. The molecule has 20 heavy (non-hydrogen) atoms. The molecule has 0 unspecified atom stereocenters. The third-order valence-corrected chi connectivity index (χ3v) is 3.67. The first-order valence-corrected chi connectivity index (χ1v) is 6.64. The third-order valence-electron chi connectivity index (χ3n) is 2.55. The summed E-state index contributed by atoms with van der Waals surface area (Å²) in [4.78, 5) is 14.9. The topological polar surface area (TPSA) is 101 Å². The number of tetrazole rings is 1. The quantitative estimate of drug-likeness (QED) is 0.732. The molecule has 3 rings (SSSR count). The van der Waals surface area contributed by atoms with E-state index in [1.807, 2.05) is 12.1 Å². The van der Waals surface area contributed by atoms with Gasteiger partial charge in [-0.3, -0.25) is 9.89 Å². The first kappa shape index (κ1) is 12.5. The number of carbonyl (C=O) groups excluding carboxylic acids is 1. The minimum absolute atomic E-state index is 0.159. The number of carbonyl (C=O) groups is 1. The van der Waals surface area contributed by atoms with Gasteiger partial charge in [-0.1, -0.05) is 0 Å². The van der Waals surface area contributed by atoms with E-state index in [1.54, 1.807) is 19.3 Å². The number of aryl methyl sites for hydroxylation is 1. The fraction of sp³-hybridized carbons (Fsp3) is 0.182. The summed E-state index contributed by atoms with van der Waals surface area (Å²) in [6.07, 6.45) is 1.68. The SMILES string of the molecule is Cn1nnc(CNC(=O)c2ccc(-c3ccn[nH]3)s2)n1. The molecule has 0 saturated heterocycles. The maximum atomic E-state index is 12.0. The van der Waals surface area contributed by atoms with Crippen LogP contribution >= 0.6 is 11.3 Å². The fourth-order valence-corrected chi connectivity index (χ4v) is 2.54. The predicted molar refractivity (Wildman–Crippen MR) is 71.9 cm³/mol. The van der Waals surface area contributed by atoms with Crippen molar-refractivity contribution in [3.8, 4) is 10.6 Å². The van der Waals surface area contributed by atoms with Gasteiger partial charge in [0.25, 0.3) is 5.91 Å². The average Bonchev–Trinajstić information content (AvgIpc) is 3.16. The van der Waals surface area contributed by atoms with Crippen LogP contribution in [0.1, 0.15) is 15.5 Å². The maximum absolute atomic E-state index is 12.0. The van der Waals surface area contributed by atoms with Crippen molar-refractivity contribution in [3.63, 3.8) is 0 Å². The lowest BCUT2D eigenvalue weighted by Crippen LogP contribution is -2.22. The molecule has 102 valence electrons. The van der Waals surface area contributed by atoms with E-state index in [4.69, 9.17) is 0 Å². The van der Waals surface area contributed by atoms with Crippen LogP contribution in [-0.4, -0.2) is 36.3 Å². The van der Waals surface area contributed by atoms with E-state index in [-0.39, 0.29) is 12.5 Å². The normalized spacial score (nSPS) is 10.7. The van der Waals surface area contributed by atoms with Gasteiger partial charge in [0.1, 0.15) is 0 Å². The van der Waals surface area contributed by atoms with Gasteiger partial charge in [0.2, 0.25) is 0 Å². The van der Waals surface area contributed by atoms with Gasteiger partial charge in [0, 0.05) is 6.20 Å². The number of hydrogen-bond acceptors (Lipinski definition) is 6. The first-order valence-electron chi connectivity index (χ1n) is 5.83. The number of aromatic nitrogens is 6. The monoisotopic (exact) mass is 289 g/mol. The van der Waals surface area contributed by atoms with E-state index < -0.39 is 0 Å². The molecule has 0 atom stereocenters. The first-order chi connectivity index (χ1) is 9.72. The largest absolute Gasteiger partial charge is 0.344 e. The van der Waals surface area contributed by atoms with Gasteiger partial charge in [-0.15, -0.1) is 21.5 Å². The van der Waals surface area contributed by atoms with Crippen molar-refractivity contribution in [2.45, 2.75) is 6.54 Å². The van der Waals surface area contributed by atoms with Crippen LogP contribution in [0, 0.1) is 0 Å². The number of aromatic amines is 1. The number of thiophene rings is 1. The number of nitrogens with one attached hydrogen (secondary N) is 2. The number of rotatable bonds is 4. The Bertz CT molecular complexity index is 715. The second kappa shape index (κ2) is 5.21. The molecule has 9 heteroatoms. The zero-order valence-electron chi connectivity index (χ0n) is 10.6. The maximum Gasteiger partial charge on any atom is 0.261 e. The molecular weight excluding hydrogens is 278 g/mol. The van der Waals surface area contributed by atoms with Crippen molar-refractivity contribution >= 4 is 17.2 Å². The molecule has 0 aromatic carbocycles. The molecule has 3 aromatic heterocycles. The van der Waals surface area contributed by atoms with Crippen molar-refractivity contribution in [2.24, 2.45) is 7.05 Å². The Labute approximate surface area is 117 Å². The van der Waals surface area contributed by atoms with E-state index in [1.165, 1.54) is 16.1 Å². The van der Waals surface area contributed by atoms with Crippen molar-refractivity contribution in [1.82, 2.24) is 35.7 Å². The van der Waals surface area contributed by atoms with Crippen LogP contribution in [0.2, 0.25) is 0 Å². The molecule has 2 N–H and O–H groups in total. The molecule has 0 spiro atoms. The van der Waals surface area contributed by atoms with Crippen LogP contribution < -0.4 is 5.32 Å². The number of nitrogens with zero attached hydrogens (tertiary/aromatic N) is 5. The standard InChI is InChI=1S/C11H11N7OS/c1-18-16-10(15-17-18)6-12-11(19)9-3-2-8(20-9)7-4-5-13-14-7/h2-5H,6H2,1H3,(H,12,19)(H,13,14). The van der Waals surface area contributed by atoms with Crippen molar-refractivity contribution < 1.29 is 4.79 Å². The molecule has 1 amide bonds. The van der Waals surface area contributed by atoms with Crippen LogP contribution in [0.15, 0.2) is 24.4 Å². The van der Waals surface area contributed by atoms with Gasteiger partial charge in [-0.05, 0) is 23.4 Å². The fourth-order valence-electron chi connectivity index (χ4n) is 1.64. The van der Waals surface area contributed by atoms with Crippen molar-refractivity contribution in [1.29, 1.82) is 0 Å². The molecule has 0 saturated carbocycles. The van der Waals surface area contributed by atoms with E-state index in [0.717, 1.165) is 10.6 Å². The smallest absolute Gasteiger partial charge is 0.261 e. The van der Waals surface area contributed by atoms with Crippen LogP contribution in [0.3, 0.4) is 0 Å². The van der Waals surface area contributed by atoms with Crippen LogP contribution in [-0.2, 0) is 13.6 Å². The highest BCUT2D eigenvalue weighted by Crippen LogP contribution is 2.26. The highest BCUT2D eigenvalue weighted by molar-refractivity contribution is 7.17. The van der Waals surface area contributed by atoms with Crippen LogP contribution in [0.25, 0.3) is 10.6 Å². The molecule has 0 radical (unpaired) electrons. The van der Waals surface area contributed by atoms with Gasteiger partial charge in [0.15, 0.2) is 5.82 Å². The molecule has 0 aliphatic heterocycles. The molecule has 8 nitrogen and oxygen atoms in total. The summed E-state index contributed by atoms with van der Waals surface area (Å²) < 4.78 is 0. The molecular formula is C11H11N7OS.